The summed E-state index contributed by atoms with van der Waals surface area (Å²) in [6, 6.07) is 12.0. The highest BCUT2D eigenvalue weighted by molar-refractivity contribution is 6.04. The van der Waals surface area contributed by atoms with Gasteiger partial charge >= 0.3 is 0 Å². The number of nitrogens with zero attached hydrogens (tertiary/aromatic N) is 5. The summed E-state index contributed by atoms with van der Waals surface area (Å²) in [5.41, 5.74) is -0.108. The van der Waals surface area contributed by atoms with Gasteiger partial charge in [0.25, 0.3) is 11.5 Å². The van der Waals surface area contributed by atoms with E-state index in [0.29, 0.717) is 29.1 Å². The van der Waals surface area contributed by atoms with Crippen molar-refractivity contribution in [1.82, 2.24) is 29.9 Å². The van der Waals surface area contributed by atoms with Crippen LogP contribution in [0.3, 0.4) is 0 Å². The van der Waals surface area contributed by atoms with Crippen LogP contribution in [0.2, 0.25) is 0 Å². The number of anilines is 2. The number of ether oxygens (including phenoxy) is 1. The number of fused-ring (bicyclic) bond motifs is 1. The number of β-amino-alcohol motifs (C(OH)–C–C–N with tert-alkyl or cyclic N) is 1. The van der Waals surface area contributed by atoms with Crippen LogP contribution in [0.15, 0.2) is 71.8 Å². The van der Waals surface area contributed by atoms with Crippen molar-refractivity contribution in [2.24, 2.45) is 0 Å². The lowest BCUT2D eigenvalue weighted by atomic mass is 10.0. The highest BCUT2D eigenvalue weighted by Gasteiger charge is 2.22. The third-order valence-corrected chi connectivity index (χ3v) is 7.34. The van der Waals surface area contributed by atoms with Gasteiger partial charge in [0.15, 0.2) is 23.0 Å². The second-order valence-corrected chi connectivity index (χ2v) is 10.2. The van der Waals surface area contributed by atoms with Gasteiger partial charge in [0.2, 0.25) is 0 Å². The molecule has 1 aliphatic rings. The van der Waals surface area contributed by atoms with Crippen molar-refractivity contribution in [1.29, 1.82) is 0 Å². The standard InChI is InChI=1S/C30H28F2N8O4/c31-18-1-4-21(5-2-18)40-30(43)22(7-12-34-40)29(42)36-20-3-6-24(23(32)17-20)44-25-8-11-33-27-26(25)28(38-37-27)35-19-9-13-39(14-10-19)15-16-41/h1-8,11-12,17,19,41H,9-10,13-16H2,(H,36,42)(H2,33,35,37,38). The van der Waals surface area contributed by atoms with Gasteiger partial charge in [0.05, 0.1) is 12.3 Å². The average molecular weight is 603 g/mol. The summed E-state index contributed by atoms with van der Waals surface area (Å²) in [4.78, 5) is 32.3. The van der Waals surface area contributed by atoms with Gasteiger partial charge < -0.3 is 25.4 Å². The number of rotatable bonds is 9. The number of likely N-dealkylation sites (tertiary alicyclic amines) is 1. The van der Waals surface area contributed by atoms with Crippen LogP contribution in [0.1, 0.15) is 23.2 Å². The molecule has 1 fully saturated rings. The fourth-order valence-corrected chi connectivity index (χ4v) is 5.08. The van der Waals surface area contributed by atoms with Crippen molar-refractivity contribution in [3.8, 4) is 17.2 Å². The van der Waals surface area contributed by atoms with Gasteiger partial charge in [-0.3, -0.25) is 14.7 Å². The maximum Gasteiger partial charge on any atom is 0.284 e. The summed E-state index contributed by atoms with van der Waals surface area (Å²) in [7, 11) is 0. The van der Waals surface area contributed by atoms with E-state index in [1.165, 1.54) is 54.9 Å². The zero-order chi connectivity index (χ0) is 30.6. The summed E-state index contributed by atoms with van der Waals surface area (Å²) in [6.45, 7) is 2.47. The van der Waals surface area contributed by atoms with Crippen molar-refractivity contribution in [3.05, 3.63) is 94.5 Å². The van der Waals surface area contributed by atoms with Crippen LogP contribution >= 0.6 is 0 Å². The largest absolute Gasteiger partial charge is 0.453 e. The molecular formula is C30H28F2N8O4. The summed E-state index contributed by atoms with van der Waals surface area (Å²) in [6.07, 6.45) is 4.52. The van der Waals surface area contributed by atoms with Crippen LogP contribution in [-0.2, 0) is 0 Å². The molecule has 12 nitrogen and oxygen atoms in total. The molecule has 1 amide bonds. The summed E-state index contributed by atoms with van der Waals surface area (Å²) in [5, 5.41) is 26.9. The zero-order valence-corrected chi connectivity index (χ0v) is 23.3. The van der Waals surface area contributed by atoms with Crippen molar-refractivity contribution < 1.29 is 23.4 Å². The normalized spacial score (nSPS) is 14.1. The predicted molar refractivity (Wildman–Crippen MR) is 158 cm³/mol. The maximum atomic E-state index is 15.2. The van der Waals surface area contributed by atoms with Gasteiger partial charge in [-0.1, -0.05) is 0 Å². The van der Waals surface area contributed by atoms with E-state index >= 15 is 4.39 Å². The number of aliphatic hydroxyl groups is 1. The molecule has 1 saturated heterocycles. The van der Waals surface area contributed by atoms with Crippen LogP contribution in [0.5, 0.6) is 11.5 Å². The minimum Gasteiger partial charge on any atom is -0.453 e. The van der Waals surface area contributed by atoms with Crippen LogP contribution < -0.4 is 20.9 Å². The molecule has 0 radical (unpaired) electrons. The van der Waals surface area contributed by atoms with Gasteiger partial charge in [-0.15, -0.1) is 0 Å². The first-order valence-corrected chi connectivity index (χ1v) is 14.0. The van der Waals surface area contributed by atoms with Gasteiger partial charge in [-0.25, -0.2) is 13.8 Å². The molecule has 0 bridgehead atoms. The Labute approximate surface area is 249 Å². The van der Waals surface area contributed by atoms with Gasteiger partial charge in [0.1, 0.15) is 22.5 Å². The lowest BCUT2D eigenvalue weighted by Gasteiger charge is -2.31. The average Bonchev–Trinajstić information content (AvgIpc) is 3.44. The molecule has 226 valence electrons. The lowest BCUT2D eigenvalue weighted by molar-refractivity contribution is 0.102. The predicted octanol–water partition coefficient (Wildman–Crippen LogP) is 3.70. The number of aromatic amines is 1. The van der Waals surface area contributed by atoms with Gasteiger partial charge in [-0.2, -0.15) is 14.9 Å². The van der Waals surface area contributed by atoms with Crippen LogP contribution in [0.4, 0.5) is 20.3 Å². The summed E-state index contributed by atoms with van der Waals surface area (Å²) in [5.74, 6) is -1.22. The number of carbonyl (C=O) groups is 1. The SMILES string of the molecule is O=C(Nc1ccc(Oc2ccnc3[nH]nc(NC4CCN(CCO)CC4)c23)c(F)c1)c1ccnn(-c2ccc(F)cc2)c1=O. The topological polar surface area (TPSA) is 150 Å². The number of H-pyrrole nitrogens is 1. The number of carbonyl (C=O) groups excluding carboxylic acids is 1. The van der Waals surface area contributed by atoms with E-state index in [0.717, 1.165) is 36.7 Å². The Hall–Kier alpha value is -5.21. The first kappa shape index (κ1) is 28.9. The first-order valence-electron chi connectivity index (χ1n) is 14.0. The number of hydrogen-bond acceptors (Lipinski definition) is 9. The monoisotopic (exact) mass is 602 g/mol. The molecular weight excluding hydrogens is 574 g/mol. The Bertz CT molecular complexity index is 1850. The van der Waals surface area contributed by atoms with E-state index < -0.39 is 23.1 Å². The van der Waals surface area contributed by atoms with Gasteiger partial charge in [0, 0.05) is 55.9 Å². The smallest absolute Gasteiger partial charge is 0.284 e. The summed E-state index contributed by atoms with van der Waals surface area (Å²) >= 11 is 0. The molecule has 6 rings (SSSR count). The number of benzene rings is 2. The molecule has 0 saturated carbocycles. The molecule has 44 heavy (non-hydrogen) atoms. The Kier molecular flexibility index (Phi) is 8.25. The highest BCUT2D eigenvalue weighted by atomic mass is 19.1. The lowest BCUT2D eigenvalue weighted by Crippen LogP contribution is -2.40. The number of pyridine rings is 1. The summed E-state index contributed by atoms with van der Waals surface area (Å²) < 4.78 is 35.4. The number of piperidine rings is 1. The van der Waals surface area contributed by atoms with E-state index in [4.69, 9.17) is 4.74 Å². The van der Waals surface area contributed by atoms with Crippen molar-refractivity contribution >= 4 is 28.4 Å². The molecule has 0 aliphatic carbocycles. The number of aromatic nitrogens is 5. The highest BCUT2D eigenvalue weighted by Crippen LogP contribution is 2.35. The van der Waals surface area contributed by atoms with E-state index in [1.54, 1.807) is 6.07 Å². The second kappa shape index (κ2) is 12.6. The Morgan fingerprint density at radius 3 is 2.59 bits per heavy atom. The van der Waals surface area contributed by atoms with E-state index in [-0.39, 0.29) is 35.3 Å². The maximum absolute atomic E-state index is 15.2. The number of aliphatic hydroxyl groups excluding tert-OH is 1. The Morgan fingerprint density at radius 2 is 1.84 bits per heavy atom. The van der Waals surface area contributed by atoms with E-state index in [2.05, 4.69) is 35.8 Å². The molecule has 4 heterocycles. The molecule has 3 aromatic heterocycles. The quantitative estimate of drug-likeness (QED) is 0.198. The van der Waals surface area contributed by atoms with Crippen LogP contribution in [-0.4, -0.2) is 73.2 Å². The van der Waals surface area contributed by atoms with Crippen LogP contribution in [0.25, 0.3) is 16.7 Å². The van der Waals surface area contributed by atoms with Crippen LogP contribution in [0, 0.1) is 11.6 Å². The number of hydrogen-bond donors (Lipinski definition) is 4. The molecule has 5 aromatic rings. The number of amides is 1. The van der Waals surface area contributed by atoms with Crippen molar-refractivity contribution in [3.63, 3.8) is 0 Å². The molecule has 14 heteroatoms. The first-order chi connectivity index (χ1) is 21.4. The Balaban J connectivity index is 1.17. The van der Waals surface area contributed by atoms with E-state index in [9.17, 15) is 19.1 Å². The van der Waals surface area contributed by atoms with E-state index in [1.807, 2.05) is 0 Å². The third-order valence-electron chi connectivity index (χ3n) is 7.34. The molecule has 0 atom stereocenters. The minimum atomic E-state index is -0.770. The fraction of sp³-hybridized carbons (Fsp3) is 0.233. The number of nitrogens with one attached hydrogen (secondary N) is 3. The molecule has 2 aromatic carbocycles. The fourth-order valence-electron chi connectivity index (χ4n) is 5.08. The van der Waals surface area contributed by atoms with Gasteiger partial charge in [-0.05, 0) is 55.3 Å². The second-order valence-electron chi connectivity index (χ2n) is 10.2. The minimum absolute atomic E-state index is 0.0949. The molecule has 0 unspecified atom stereocenters. The molecule has 1 aliphatic heterocycles. The van der Waals surface area contributed by atoms with Crippen molar-refractivity contribution in [2.45, 2.75) is 18.9 Å². The Morgan fingerprint density at radius 1 is 1.05 bits per heavy atom. The molecule has 0 spiro atoms. The third kappa shape index (κ3) is 6.11. The molecule has 4 N–H and O–H groups in total. The van der Waals surface area contributed by atoms with Crippen molar-refractivity contribution in [2.75, 3.05) is 36.9 Å². The number of halogens is 2. The zero-order valence-electron chi connectivity index (χ0n) is 23.3.